The molecule has 1 aromatic carbocycles. The molecule has 0 bridgehead atoms. The van der Waals surface area contributed by atoms with E-state index in [0.717, 1.165) is 61.7 Å². The number of aryl methyl sites for hydroxylation is 2. The van der Waals surface area contributed by atoms with Crippen LogP contribution in [0.5, 0.6) is 5.75 Å². The lowest BCUT2D eigenvalue weighted by molar-refractivity contribution is -0.132. The molecule has 6 nitrogen and oxygen atoms in total. The Labute approximate surface area is 148 Å². The minimum Gasteiger partial charge on any atom is -0.497 e. The highest BCUT2D eigenvalue weighted by Gasteiger charge is 2.27. The van der Waals surface area contributed by atoms with Gasteiger partial charge in [0.1, 0.15) is 11.6 Å². The quantitative estimate of drug-likeness (QED) is 0.876. The van der Waals surface area contributed by atoms with Gasteiger partial charge in [0.2, 0.25) is 5.91 Å². The number of hydrogen-bond donors (Lipinski definition) is 1. The molecule has 0 radical (unpaired) electrons. The zero-order valence-corrected chi connectivity index (χ0v) is 15.0. The maximum atomic E-state index is 12.6. The van der Waals surface area contributed by atoms with E-state index in [1.165, 1.54) is 0 Å². The first-order valence-corrected chi connectivity index (χ1v) is 9.01. The summed E-state index contributed by atoms with van der Waals surface area (Å²) in [6.07, 6.45) is 4.19. The first-order valence-electron chi connectivity index (χ1n) is 9.01. The third-order valence-corrected chi connectivity index (χ3v) is 4.81. The number of likely N-dealkylation sites (tertiary alicyclic amines) is 1. The van der Waals surface area contributed by atoms with Crippen LogP contribution in [0.15, 0.2) is 24.3 Å². The molecule has 2 heterocycles. The van der Waals surface area contributed by atoms with E-state index in [2.05, 4.69) is 22.1 Å². The first kappa shape index (κ1) is 17.5. The van der Waals surface area contributed by atoms with Crippen molar-refractivity contribution in [1.29, 1.82) is 0 Å². The van der Waals surface area contributed by atoms with Crippen LogP contribution in [0.3, 0.4) is 0 Å². The number of methoxy groups -OCH3 is 1. The minimum absolute atomic E-state index is 0.215. The largest absolute Gasteiger partial charge is 0.497 e. The average molecular weight is 342 g/mol. The maximum Gasteiger partial charge on any atom is 0.222 e. The van der Waals surface area contributed by atoms with Crippen LogP contribution in [0, 0.1) is 0 Å². The fraction of sp³-hybridized carbons (Fsp3) is 0.526. The van der Waals surface area contributed by atoms with Crippen molar-refractivity contribution in [3.05, 3.63) is 41.5 Å². The third-order valence-electron chi connectivity index (χ3n) is 4.81. The van der Waals surface area contributed by atoms with Crippen LogP contribution in [0.25, 0.3) is 0 Å². The van der Waals surface area contributed by atoms with Crippen LogP contribution in [0.2, 0.25) is 0 Å². The number of ether oxygens (including phenoxy) is 1. The zero-order valence-electron chi connectivity index (χ0n) is 15.0. The molecule has 25 heavy (non-hydrogen) atoms. The molecule has 134 valence electrons. The summed E-state index contributed by atoms with van der Waals surface area (Å²) in [6, 6.07) is 7.91. The summed E-state index contributed by atoms with van der Waals surface area (Å²) in [6.45, 7) is 3.62. The predicted molar refractivity (Wildman–Crippen MR) is 95.6 cm³/mol. The second-order valence-electron chi connectivity index (χ2n) is 6.52. The van der Waals surface area contributed by atoms with Crippen molar-refractivity contribution in [2.45, 2.75) is 44.9 Å². The van der Waals surface area contributed by atoms with Crippen molar-refractivity contribution >= 4 is 5.91 Å². The molecule has 2 aromatic rings. The molecule has 0 spiro atoms. The highest BCUT2D eigenvalue weighted by Crippen LogP contribution is 2.25. The Bertz CT molecular complexity index is 696. The van der Waals surface area contributed by atoms with Gasteiger partial charge in [-0.2, -0.15) is 5.10 Å². The van der Waals surface area contributed by atoms with Crippen LogP contribution in [0.4, 0.5) is 0 Å². The highest BCUT2D eigenvalue weighted by atomic mass is 16.5. The molecule has 0 aliphatic carbocycles. The van der Waals surface area contributed by atoms with Gasteiger partial charge in [-0.3, -0.25) is 9.89 Å². The molecule has 0 saturated carbocycles. The van der Waals surface area contributed by atoms with Crippen molar-refractivity contribution in [1.82, 2.24) is 20.1 Å². The summed E-state index contributed by atoms with van der Waals surface area (Å²) < 4.78 is 5.16. The number of rotatable bonds is 6. The number of carbonyl (C=O) groups excluding carboxylic acids is 1. The third kappa shape index (κ3) is 4.38. The number of piperidine rings is 1. The zero-order chi connectivity index (χ0) is 17.6. The number of aromatic amines is 1. The van der Waals surface area contributed by atoms with Gasteiger partial charge in [-0.25, -0.2) is 4.98 Å². The van der Waals surface area contributed by atoms with Crippen LogP contribution < -0.4 is 4.74 Å². The Morgan fingerprint density at radius 3 is 2.84 bits per heavy atom. The van der Waals surface area contributed by atoms with E-state index in [1.54, 1.807) is 7.11 Å². The number of nitrogens with one attached hydrogen (secondary N) is 1. The molecule has 1 aromatic heterocycles. The van der Waals surface area contributed by atoms with E-state index in [0.29, 0.717) is 6.42 Å². The predicted octanol–water partition coefficient (Wildman–Crippen LogP) is 2.71. The van der Waals surface area contributed by atoms with Gasteiger partial charge in [0.05, 0.1) is 7.11 Å². The monoisotopic (exact) mass is 342 g/mol. The number of aromatic nitrogens is 3. The molecule has 1 fully saturated rings. The Morgan fingerprint density at radius 1 is 1.36 bits per heavy atom. The van der Waals surface area contributed by atoms with E-state index in [4.69, 9.17) is 4.74 Å². The first-order chi connectivity index (χ1) is 12.2. The lowest BCUT2D eigenvalue weighted by atomic mass is 9.97. The highest BCUT2D eigenvalue weighted by molar-refractivity contribution is 5.76. The van der Waals surface area contributed by atoms with Crippen molar-refractivity contribution < 1.29 is 9.53 Å². The number of benzene rings is 1. The van der Waals surface area contributed by atoms with Crippen LogP contribution in [-0.2, 0) is 17.6 Å². The fourth-order valence-electron chi connectivity index (χ4n) is 3.27. The SMILES string of the molecule is CCc1nc(C2CCCN(C(=O)CCc3ccc(OC)cc3)C2)n[nH]1. The second kappa shape index (κ2) is 8.14. The lowest BCUT2D eigenvalue weighted by Gasteiger charge is -2.31. The number of carbonyl (C=O) groups is 1. The van der Waals surface area contributed by atoms with Crippen LogP contribution >= 0.6 is 0 Å². The minimum atomic E-state index is 0.215. The van der Waals surface area contributed by atoms with Crippen molar-refractivity contribution in [3.8, 4) is 5.75 Å². The Hall–Kier alpha value is -2.37. The molecule has 1 atom stereocenters. The molecule has 1 N–H and O–H groups in total. The fourth-order valence-corrected chi connectivity index (χ4v) is 3.27. The van der Waals surface area contributed by atoms with Crippen LogP contribution in [0.1, 0.15) is 49.3 Å². The molecule has 1 aliphatic heterocycles. The van der Waals surface area contributed by atoms with Gasteiger partial charge in [0, 0.05) is 31.8 Å². The van der Waals surface area contributed by atoms with E-state index in [1.807, 2.05) is 29.2 Å². The van der Waals surface area contributed by atoms with Crippen molar-refractivity contribution in [3.63, 3.8) is 0 Å². The Kier molecular flexibility index (Phi) is 5.68. The van der Waals surface area contributed by atoms with Crippen molar-refractivity contribution in [2.75, 3.05) is 20.2 Å². The van der Waals surface area contributed by atoms with Gasteiger partial charge in [-0.15, -0.1) is 0 Å². The molecular formula is C19H26N4O2. The summed E-state index contributed by atoms with van der Waals surface area (Å²) in [5.74, 6) is 3.07. The number of nitrogens with zero attached hydrogens (tertiary/aromatic N) is 3. The molecule has 1 amide bonds. The van der Waals surface area contributed by atoms with Gasteiger partial charge < -0.3 is 9.64 Å². The number of H-pyrrole nitrogens is 1. The molecule has 1 aliphatic rings. The standard InChI is InChI=1S/C19H26N4O2/c1-3-17-20-19(22-21-17)15-5-4-12-23(13-15)18(24)11-8-14-6-9-16(25-2)10-7-14/h6-7,9-10,15H,3-5,8,11-13H2,1-2H3,(H,20,21,22). The molecule has 1 unspecified atom stereocenters. The average Bonchev–Trinajstić information content (AvgIpc) is 3.16. The normalized spacial score (nSPS) is 17.5. The Morgan fingerprint density at radius 2 is 2.16 bits per heavy atom. The van der Waals surface area contributed by atoms with E-state index >= 15 is 0 Å². The second-order valence-corrected chi connectivity index (χ2v) is 6.52. The smallest absolute Gasteiger partial charge is 0.222 e. The molecular weight excluding hydrogens is 316 g/mol. The van der Waals surface area contributed by atoms with E-state index < -0.39 is 0 Å². The van der Waals surface area contributed by atoms with Gasteiger partial charge in [-0.1, -0.05) is 19.1 Å². The van der Waals surface area contributed by atoms with Gasteiger partial charge in [-0.05, 0) is 37.0 Å². The summed E-state index contributed by atoms with van der Waals surface area (Å²) in [5.41, 5.74) is 1.16. The summed E-state index contributed by atoms with van der Waals surface area (Å²) in [4.78, 5) is 19.1. The molecule has 1 saturated heterocycles. The summed E-state index contributed by atoms with van der Waals surface area (Å²) in [5, 5.41) is 7.31. The van der Waals surface area contributed by atoms with Gasteiger partial charge in [0.25, 0.3) is 0 Å². The Balaban J connectivity index is 1.54. The summed E-state index contributed by atoms with van der Waals surface area (Å²) in [7, 11) is 1.66. The lowest BCUT2D eigenvalue weighted by Crippen LogP contribution is -2.39. The summed E-state index contributed by atoms with van der Waals surface area (Å²) >= 11 is 0. The van der Waals surface area contributed by atoms with Gasteiger partial charge in [0.15, 0.2) is 5.82 Å². The topological polar surface area (TPSA) is 71.1 Å². The number of amides is 1. The van der Waals surface area contributed by atoms with Gasteiger partial charge >= 0.3 is 0 Å². The van der Waals surface area contributed by atoms with E-state index in [9.17, 15) is 4.79 Å². The van der Waals surface area contributed by atoms with Crippen molar-refractivity contribution in [2.24, 2.45) is 0 Å². The molecule has 6 heteroatoms. The van der Waals surface area contributed by atoms with E-state index in [-0.39, 0.29) is 11.8 Å². The maximum absolute atomic E-state index is 12.6. The van der Waals surface area contributed by atoms with Crippen LogP contribution in [-0.4, -0.2) is 46.2 Å². The molecule has 3 rings (SSSR count). The number of hydrogen-bond acceptors (Lipinski definition) is 4.